The van der Waals surface area contributed by atoms with Gasteiger partial charge in [0, 0.05) is 12.6 Å². The molecule has 3 aliphatic rings. The van der Waals surface area contributed by atoms with Crippen molar-refractivity contribution in [1.29, 1.82) is 0 Å². The van der Waals surface area contributed by atoms with Gasteiger partial charge in [0.15, 0.2) is 0 Å². The molecule has 2 saturated heterocycles. The van der Waals surface area contributed by atoms with Gasteiger partial charge in [-0.25, -0.2) is 13.1 Å². The summed E-state index contributed by atoms with van der Waals surface area (Å²) >= 11 is 0. The molecule has 1 saturated carbocycles. The summed E-state index contributed by atoms with van der Waals surface area (Å²) in [6, 6.07) is 1.53. The molecule has 2 heterocycles. The molecule has 1 aliphatic carbocycles. The molecular formula is C22H28F3N3O4S. The molecule has 7 nitrogen and oxygen atoms in total. The SMILES string of the molecule is O=C1N[C@@H](CC2CCCCC2)C(=O)N2CC[C@H](NS(=O)(=O)c3cccc(C(F)(F)F)c3)C[C@@H]12. The second-order valence-electron chi connectivity index (χ2n) is 9.22. The number of amides is 2. The van der Waals surface area contributed by atoms with Crippen LogP contribution in [0.15, 0.2) is 29.2 Å². The van der Waals surface area contributed by atoms with Gasteiger partial charge in [0.25, 0.3) is 0 Å². The summed E-state index contributed by atoms with van der Waals surface area (Å²) in [7, 11) is -4.23. The Bertz CT molecular complexity index is 1010. The largest absolute Gasteiger partial charge is 0.416 e. The monoisotopic (exact) mass is 487 g/mol. The Hall–Kier alpha value is -2.14. The first kappa shape index (κ1) is 24.0. The van der Waals surface area contributed by atoms with Crippen molar-refractivity contribution in [2.45, 2.75) is 80.6 Å². The third kappa shape index (κ3) is 5.34. The van der Waals surface area contributed by atoms with Crippen molar-refractivity contribution in [2.75, 3.05) is 6.54 Å². The van der Waals surface area contributed by atoms with E-state index in [9.17, 15) is 31.2 Å². The van der Waals surface area contributed by atoms with Crippen LogP contribution in [0.3, 0.4) is 0 Å². The standard InChI is InChI=1S/C22H28F3N3O4S/c23-22(24,25)15-7-4-8-17(12-15)33(31,32)27-16-9-10-28-19(13-16)20(29)26-18(21(28)30)11-14-5-2-1-3-6-14/h4,7-8,12,14,16,18-19,27H,1-3,5-6,9-11,13H2,(H,26,29)/t16-,18-,19-/m0/s1. The van der Waals surface area contributed by atoms with Crippen LogP contribution in [-0.4, -0.2) is 49.8 Å². The van der Waals surface area contributed by atoms with Crippen LogP contribution >= 0.6 is 0 Å². The molecule has 1 aromatic rings. The Balaban J connectivity index is 1.41. The zero-order chi connectivity index (χ0) is 23.8. The average Bonchev–Trinajstić information content (AvgIpc) is 2.77. The highest BCUT2D eigenvalue weighted by Gasteiger charge is 2.45. The first-order chi connectivity index (χ1) is 15.5. The minimum Gasteiger partial charge on any atom is -0.342 e. The van der Waals surface area contributed by atoms with Crippen molar-refractivity contribution in [1.82, 2.24) is 14.9 Å². The van der Waals surface area contributed by atoms with Crippen molar-refractivity contribution in [3.63, 3.8) is 0 Å². The predicted molar refractivity (Wildman–Crippen MR) is 113 cm³/mol. The lowest BCUT2D eigenvalue weighted by atomic mass is 9.83. The van der Waals surface area contributed by atoms with Crippen LogP contribution in [0.4, 0.5) is 13.2 Å². The van der Waals surface area contributed by atoms with Gasteiger partial charge in [-0.05, 0) is 43.4 Å². The number of alkyl halides is 3. The minimum absolute atomic E-state index is 0.0753. The van der Waals surface area contributed by atoms with Crippen molar-refractivity contribution in [3.05, 3.63) is 29.8 Å². The summed E-state index contributed by atoms with van der Waals surface area (Å²) in [4.78, 5) is 26.8. The first-order valence-corrected chi connectivity index (χ1v) is 12.8. The Kier molecular flexibility index (Phi) is 6.73. The number of fused-ring (bicyclic) bond motifs is 1. The molecule has 4 rings (SSSR count). The third-order valence-electron chi connectivity index (χ3n) is 6.89. The van der Waals surface area contributed by atoms with Crippen molar-refractivity contribution >= 4 is 21.8 Å². The van der Waals surface area contributed by atoms with Gasteiger partial charge in [0.05, 0.1) is 10.5 Å². The van der Waals surface area contributed by atoms with Crippen molar-refractivity contribution in [2.24, 2.45) is 5.92 Å². The molecule has 1 aromatic carbocycles. The lowest BCUT2D eigenvalue weighted by Crippen LogP contribution is -2.67. The number of nitrogens with zero attached hydrogens (tertiary/aromatic N) is 1. The molecule has 0 bridgehead atoms. The lowest BCUT2D eigenvalue weighted by molar-refractivity contribution is -0.152. The van der Waals surface area contributed by atoms with Crippen LogP contribution in [0.5, 0.6) is 0 Å². The van der Waals surface area contributed by atoms with Crippen LogP contribution in [0.1, 0.15) is 56.9 Å². The predicted octanol–water partition coefficient (Wildman–Crippen LogP) is 2.81. The van der Waals surface area contributed by atoms with E-state index < -0.39 is 44.8 Å². The molecule has 2 aliphatic heterocycles. The van der Waals surface area contributed by atoms with E-state index in [2.05, 4.69) is 10.0 Å². The van der Waals surface area contributed by atoms with Gasteiger partial charge >= 0.3 is 6.18 Å². The zero-order valence-corrected chi connectivity index (χ0v) is 18.9. The minimum atomic E-state index is -4.66. The second-order valence-corrected chi connectivity index (χ2v) is 10.9. The van der Waals surface area contributed by atoms with Gasteiger partial charge < -0.3 is 10.2 Å². The zero-order valence-electron chi connectivity index (χ0n) is 18.1. The molecule has 3 fully saturated rings. The molecule has 2 amide bonds. The molecule has 0 unspecified atom stereocenters. The molecule has 182 valence electrons. The number of rotatable bonds is 5. The molecule has 2 N–H and O–H groups in total. The Morgan fingerprint density at radius 2 is 1.82 bits per heavy atom. The summed E-state index contributed by atoms with van der Waals surface area (Å²) in [6.07, 6.45) is 1.91. The van der Waals surface area contributed by atoms with Crippen LogP contribution in [0, 0.1) is 5.92 Å². The maximum absolute atomic E-state index is 13.0. The summed E-state index contributed by atoms with van der Waals surface area (Å²) in [5.74, 6) is -0.0240. The number of carbonyl (C=O) groups is 2. The highest BCUT2D eigenvalue weighted by molar-refractivity contribution is 7.89. The van der Waals surface area contributed by atoms with Crippen LogP contribution in [0.2, 0.25) is 0 Å². The van der Waals surface area contributed by atoms with E-state index in [1.54, 1.807) is 0 Å². The normalized spacial score (nSPS) is 27.2. The topological polar surface area (TPSA) is 95.6 Å². The van der Waals surface area contributed by atoms with E-state index in [1.165, 1.54) is 11.3 Å². The average molecular weight is 488 g/mol. The lowest BCUT2D eigenvalue weighted by Gasteiger charge is -2.44. The number of piperidine rings is 1. The molecule has 0 radical (unpaired) electrons. The van der Waals surface area contributed by atoms with Gasteiger partial charge in [0.1, 0.15) is 12.1 Å². The number of halogens is 3. The Morgan fingerprint density at radius 1 is 1.09 bits per heavy atom. The number of sulfonamides is 1. The van der Waals surface area contributed by atoms with E-state index >= 15 is 0 Å². The number of hydrogen-bond acceptors (Lipinski definition) is 4. The molecule has 0 spiro atoms. The van der Waals surface area contributed by atoms with Gasteiger partial charge in [-0.15, -0.1) is 0 Å². The number of benzene rings is 1. The maximum Gasteiger partial charge on any atom is 0.416 e. The van der Waals surface area contributed by atoms with Gasteiger partial charge in [-0.2, -0.15) is 13.2 Å². The molecule has 3 atom stereocenters. The van der Waals surface area contributed by atoms with E-state index in [4.69, 9.17) is 0 Å². The molecular weight excluding hydrogens is 459 g/mol. The molecule has 33 heavy (non-hydrogen) atoms. The summed E-state index contributed by atoms with van der Waals surface area (Å²) < 4.78 is 66.7. The van der Waals surface area contributed by atoms with Gasteiger partial charge in [-0.3, -0.25) is 9.59 Å². The fourth-order valence-corrected chi connectivity index (χ4v) is 6.49. The number of hydrogen-bond donors (Lipinski definition) is 2. The number of nitrogens with one attached hydrogen (secondary N) is 2. The highest BCUT2D eigenvalue weighted by atomic mass is 32.2. The maximum atomic E-state index is 13.0. The summed E-state index contributed by atoms with van der Waals surface area (Å²) in [6.45, 7) is 0.216. The number of carbonyl (C=O) groups excluding carboxylic acids is 2. The Labute approximate surface area is 191 Å². The quantitative estimate of drug-likeness (QED) is 0.668. The summed E-state index contributed by atoms with van der Waals surface area (Å²) in [5.41, 5.74) is -1.05. The van der Waals surface area contributed by atoms with Crippen LogP contribution in [0.25, 0.3) is 0 Å². The summed E-state index contributed by atoms with van der Waals surface area (Å²) in [5, 5.41) is 2.82. The van der Waals surface area contributed by atoms with Gasteiger partial charge in [-0.1, -0.05) is 38.2 Å². The molecule has 11 heteroatoms. The van der Waals surface area contributed by atoms with E-state index in [0.29, 0.717) is 18.4 Å². The third-order valence-corrected chi connectivity index (χ3v) is 8.41. The van der Waals surface area contributed by atoms with Gasteiger partial charge in [0.2, 0.25) is 21.8 Å². The van der Waals surface area contributed by atoms with E-state index in [-0.39, 0.29) is 31.2 Å². The second kappa shape index (κ2) is 9.25. The first-order valence-electron chi connectivity index (χ1n) is 11.3. The van der Waals surface area contributed by atoms with Crippen LogP contribution in [-0.2, 0) is 25.8 Å². The Morgan fingerprint density at radius 3 is 2.52 bits per heavy atom. The molecule has 0 aromatic heterocycles. The van der Waals surface area contributed by atoms with Crippen LogP contribution < -0.4 is 10.0 Å². The number of piperazine rings is 1. The van der Waals surface area contributed by atoms with E-state index in [1.807, 2.05) is 0 Å². The van der Waals surface area contributed by atoms with E-state index in [0.717, 1.165) is 43.9 Å². The van der Waals surface area contributed by atoms with Crippen molar-refractivity contribution < 1.29 is 31.2 Å². The smallest absolute Gasteiger partial charge is 0.342 e. The fourth-order valence-electron chi connectivity index (χ4n) is 5.16. The highest BCUT2D eigenvalue weighted by Crippen LogP contribution is 2.32. The van der Waals surface area contributed by atoms with Crippen molar-refractivity contribution in [3.8, 4) is 0 Å². The fraction of sp³-hybridized carbons (Fsp3) is 0.636.